The molecule has 1 atom stereocenters. The van der Waals surface area contributed by atoms with Crippen molar-refractivity contribution >= 4 is 40.1 Å². The van der Waals surface area contributed by atoms with Gasteiger partial charge in [0.15, 0.2) is 5.11 Å². The molecule has 1 aliphatic rings. The number of rotatable bonds is 4. The van der Waals surface area contributed by atoms with E-state index in [4.69, 9.17) is 12.2 Å². The van der Waals surface area contributed by atoms with Crippen molar-refractivity contribution < 1.29 is 4.79 Å². The third-order valence-electron chi connectivity index (χ3n) is 3.93. The number of allylic oxidation sites excluding steroid dienone is 5. The van der Waals surface area contributed by atoms with Crippen LogP contribution in [-0.2, 0) is 4.79 Å². The first-order valence-corrected chi connectivity index (χ1v) is 9.73. The molecule has 132 valence electrons. The van der Waals surface area contributed by atoms with Crippen molar-refractivity contribution in [2.45, 2.75) is 27.2 Å². The van der Waals surface area contributed by atoms with Gasteiger partial charge in [0.05, 0.1) is 5.92 Å². The number of carbonyl (C=O) groups excluding carboxylic acids is 1. The Labute approximate surface area is 159 Å². The molecular formula is C20H24N2OS2. The molecule has 0 saturated carbocycles. The van der Waals surface area contributed by atoms with Gasteiger partial charge in [-0.05, 0) is 48.7 Å². The van der Waals surface area contributed by atoms with Crippen LogP contribution in [0.1, 0.15) is 32.1 Å². The van der Waals surface area contributed by atoms with Crippen LogP contribution in [0.25, 0.3) is 5.57 Å². The lowest BCUT2D eigenvalue weighted by molar-refractivity contribution is -0.128. The fourth-order valence-electron chi connectivity index (χ4n) is 2.50. The predicted molar refractivity (Wildman–Crippen MR) is 111 cm³/mol. The fraction of sp³-hybridized carbons (Fsp3) is 0.300. The number of nitrogens with zero attached hydrogens (tertiary/aromatic N) is 1. The highest BCUT2D eigenvalue weighted by atomic mass is 32.1. The normalized spacial score (nSPS) is 22.5. The minimum absolute atomic E-state index is 0.0324. The zero-order valence-corrected chi connectivity index (χ0v) is 16.5. The van der Waals surface area contributed by atoms with E-state index in [2.05, 4.69) is 29.8 Å². The summed E-state index contributed by atoms with van der Waals surface area (Å²) in [6.45, 7) is 6.53. The Kier molecular flexibility index (Phi) is 7.34. The summed E-state index contributed by atoms with van der Waals surface area (Å²) in [4.78, 5) is 15.8. The third-order valence-corrected chi connectivity index (χ3v) is 5.20. The Morgan fingerprint density at radius 1 is 1.48 bits per heavy atom. The van der Waals surface area contributed by atoms with E-state index in [0.29, 0.717) is 11.7 Å². The highest BCUT2D eigenvalue weighted by Gasteiger charge is 2.25. The Morgan fingerprint density at radius 2 is 2.28 bits per heavy atom. The van der Waals surface area contributed by atoms with Crippen molar-refractivity contribution in [2.24, 2.45) is 5.92 Å². The molecule has 0 spiro atoms. The summed E-state index contributed by atoms with van der Waals surface area (Å²) in [5, 5.41) is 5.64. The van der Waals surface area contributed by atoms with Crippen LogP contribution in [0.3, 0.4) is 0 Å². The third kappa shape index (κ3) is 5.00. The van der Waals surface area contributed by atoms with Crippen molar-refractivity contribution in [3.05, 3.63) is 64.5 Å². The Bertz CT molecular complexity index is 727. The molecule has 0 aromatic carbocycles. The molecule has 5 heteroatoms. The number of hydrogen-bond donors (Lipinski definition) is 1. The molecular weight excluding hydrogens is 348 g/mol. The van der Waals surface area contributed by atoms with Gasteiger partial charge in [0.25, 0.3) is 0 Å². The molecule has 2 rings (SSSR count). The van der Waals surface area contributed by atoms with Crippen molar-refractivity contribution in [2.75, 3.05) is 6.54 Å². The van der Waals surface area contributed by atoms with Gasteiger partial charge in [-0.2, -0.15) is 0 Å². The lowest BCUT2D eigenvalue weighted by Crippen LogP contribution is -2.44. The molecule has 25 heavy (non-hydrogen) atoms. The largest absolute Gasteiger partial charge is 0.358 e. The Morgan fingerprint density at radius 3 is 2.92 bits per heavy atom. The Balaban J connectivity index is 2.41. The first-order chi connectivity index (χ1) is 12.1. The summed E-state index contributed by atoms with van der Waals surface area (Å²) < 4.78 is 0. The van der Waals surface area contributed by atoms with E-state index in [1.165, 1.54) is 10.5 Å². The number of carbonyl (C=O) groups is 1. The van der Waals surface area contributed by atoms with Crippen LogP contribution < -0.4 is 5.32 Å². The van der Waals surface area contributed by atoms with Crippen molar-refractivity contribution in [3.8, 4) is 0 Å². The van der Waals surface area contributed by atoms with Crippen molar-refractivity contribution in [1.82, 2.24) is 10.2 Å². The molecule has 3 nitrogen and oxygen atoms in total. The number of amides is 1. The number of thiophene rings is 1. The smallest absolute Gasteiger partial charge is 0.239 e. The van der Waals surface area contributed by atoms with Crippen LogP contribution in [0.15, 0.2) is 59.7 Å². The van der Waals surface area contributed by atoms with Crippen LogP contribution >= 0.6 is 23.6 Å². The molecule has 0 fully saturated rings. The number of thiocarbonyl (C=S) groups is 1. The van der Waals surface area contributed by atoms with Gasteiger partial charge in [0.2, 0.25) is 5.91 Å². The Hall–Kier alpha value is -1.98. The second-order valence-electron chi connectivity index (χ2n) is 5.68. The minimum Gasteiger partial charge on any atom is -0.358 e. The maximum Gasteiger partial charge on any atom is 0.239 e. The van der Waals surface area contributed by atoms with Gasteiger partial charge in [0.1, 0.15) is 0 Å². The van der Waals surface area contributed by atoms with Gasteiger partial charge < -0.3 is 5.32 Å². The predicted octanol–water partition coefficient (Wildman–Crippen LogP) is 4.91. The summed E-state index contributed by atoms with van der Waals surface area (Å²) in [5.74, 6) is -0.285. The van der Waals surface area contributed by atoms with Crippen LogP contribution in [-0.4, -0.2) is 22.5 Å². The first kappa shape index (κ1) is 19.3. The maximum atomic E-state index is 13.0. The average molecular weight is 373 g/mol. The fourth-order valence-corrected chi connectivity index (χ4v) is 3.59. The van der Waals surface area contributed by atoms with E-state index in [9.17, 15) is 4.79 Å². The monoisotopic (exact) mass is 372 g/mol. The van der Waals surface area contributed by atoms with E-state index < -0.39 is 0 Å². The standard InChI is InChI=1S/C20H24N2OS2/c1-4-16(18-11-9-13-25-18)14-17(5-2)22-19(23)15(3)10-7-6-8-12-21-20(22)24/h5-11,13-15H,4,12H2,1-3H3,(H,21,24)/b8-6-,10-7-,16-14+,17-5+. The minimum atomic E-state index is -0.252. The van der Waals surface area contributed by atoms with Crippen LogP contribution in [0.2, 0.25) is 0 Å². The molecule has 0 bridgehead atoms. The second kappa shape index (κ2) is 9.49. The zero-order chi connectivity index (χ0) is 18.2. The summed E-state index contributed by atoms with van der Waals surface area (Å²) >= 11 is 7.21. The van der Waals surface area contributed by atoms with E-state index in [1.54, 1.807) is 16.2 Å². The second-order valence-corrected chi connectivity index (χ2v) is 7.01. The highest BCUT2D eigenvalue weighted by molar-refractivity contribution is 7.80. The maximum absolute atomic E-state index is 13.0. The lowest BCUT2D eigenvalue weighted by Gasteiger charge is -2.27. The molecule has 1 N–H and O–H groups in total. The van der Waals surface area contributed by atoms with Gasteiger partial charge in [-0.15, -0.1) is 11.3 Å². The summed E-state index contributed by atoms with van der Waals surface area (Å²) in [5.41, 5.74) is 2.00. The molecule has 0 radical (unpaired) electrons. The van der Waals surface area contributed by atoms with E-state index in [1.807, 2.05) is 50.3 Å². The van der Waals surface area contributed by atoms with Crippen LogP contribution in [0, 0.1) is 5.92 Å². The van der Waals surface area contributed by atoms with Gasteiger partial charge in [-0.25, -0.2) is 0 Å². The van der Waals surface area contributed by atoms with E-state index in [-0.39, 0.29) is 11.8 Å². The first-order valence-electron chi connectivity index (χ1n) is 8.44. The molecule has 1 unspecified atom stereocenters. The molecule has 1 aromatic rings. The lowest BCUT2D eigenvalue weighted by atomic mass is 10.1. The molecule has 0 saturated heterocycles. The van der Waals surface area contributed by atoms with E-state index >= 15 is 0 Å². The van der Waals surface area contributed by atoms with Gasteiger partial charge in [0, 0.05) is 17.1 Å². The molecule has 1 aliphatic heterocycles. The average Bonchev–Trinajstić information content (AvgIpc) is 3.14. The highest BCUT2D eigenvalue weighted by Crippen LogP contribution is 2.26. The van der Waals surface area contributed by atoms with Gasteiger partial charge in [-0.3, -0.25) is 9.69 Å². The molecule has 1 aromatic heterocycles. The summed E-state index contributed by atoms with van der Waals surface area (Å²) in [7, 11) is 0. The number of hydrogen-bond acceptors (Lipinski definition) is 3. The van der Waals surface area contributed by atoms with Crippen molar-refractivity contribution in [1.29, 1.82) is 0 Å². The van der Waals surface area contributed by atoms with Gasteiger partial charge in [-0.1, -0.05) is 50.3 Å². The molecule has 1 amide bonds. The van der Waals surface area contributed by atoms with Crippen LogP contribution in [0.4, 0.5) is 0 Å². The van der Waals surface area contributed by atoms with Gasteiger partial charge >= 0.3 is 0 Å². The SMILES string of the molecule is C/C=C(\C=C(/CC)c1cccs1)N1C(=O)C(C)/C=C\C=C/CNC1=S. The van der Waals surface area contributed by atoms with Crippen LogP contribution in [0.5, 0.6) is 0 Å². The molecule has 0 aliphatic carbocycles. The zero-order valence-electron chi connectivity index (χ0n) is 14.9. The van der Waals surface area contributed by atoms with E-state index in [0.717, 1.165) is 12.1 Å². The summed E-state index contributed by atoms with van der Waals surface area (Å²) in [6.07, 6.45) is 12.6. The topological polar surface area (TPSA) is 32.3 Å². The number of nitrogens with one attached hydrogen (secondary N) is 1. The van der Waals surface area contributed by atoms with Crippen molar-refractivity contribution in [3.63, 3.8) is 0 Å². The summed E-state index contributed by atoms with van der Waals surface area (Å²) in [6, 6.07) is 4.14. The molecule has 2 heterocycles. The quantitative estimate of drug-likeness (QED) is 0.602.